The van der Waals surface area contributed by atoms with Gasteiger partial charge in [0, 0.05) is 97.9 Å². The van der Waals surface area contributed by atoms with E-state index in [1.54, 1.807) is 71.0 Å². The zero-order valence-electron chi connectivity index (χ0n) is 46.0. The predicted octanol–water partition coefficient (Wildman–Crippen LogP) is 4.19. The average Bonchev–Trinajstić information content (AvgIpc) is 2.37. The van der Waals surface area contributed by atoms with Gasteiger partial charge in [-0.25, -0.2) is 27.1 Å². The molecule has 4 aliphatic heterocycles. The summed E-state index contributed by atoms with van der Waals surface area (Å²) in [6.07, 6.45) is 6.76. The first-order valence-corrected chi connectivity index (χ1v) is 30.2. The van der Waals surface area contributed by atoms with Crippen LogP contribution >= 0.6 is 0 Å². The first-order chi connectivity index (χ1) is 40.6. The number of anilines is 4. The summed E-state index contributed by atoms with van der Waals surface area (Å²) in [6.45, 7) is 5.76. The van der Waals surface area contributed by atoms with Crippen molar-refractivity contribution in [3.63, 3.8) is 0 Å². The van der Waals surface area contributed by atoms with E-state index in [9.17, 15) is 36.0 Å². The van der Waals surface area contributed by atoms with Crippen molar-refractivity contribution in [2.24, 2.45) is 10.3 Å². The Balaban J connectivity index is 0.000000187. The molecule has 0 spiro atoms. The van der Waals surface area contributed by atoms with E-state index >= 15 is 0 Å². The SMILES string of the molecule is NS(=O)(=O)c1cc(C(=O)N2Cc3ccc(C(=O)NCc4cccnc4)n3Cc3ccccc32)ccc1N1CCOCC1.NS(=O)(=O)c1cc(C(=O)N2Cc3ccc(C(=O)NCc4cccnc4)n3Cc3ccccc32)ccc1N1CCOCC1.O. The van der Waals surface area contributed by atoms with Crippen LogP contribution in [0.15, 0.2) is 168 Å². The molecule has 0 saturated carbocycles. The number of carbonyl (C=O) groups is 4. The maximum Gasteiger partial charge on any atom is 0.268 e. The Morgan fingerprint density at radius 3 is 1.26 bits per heavy atom. The van der Waals surface area contributed by atoms with Crippen LogP contribution in [0, 0.1) is 0 Å². The van der Waals surface area contributed by atoms with Crippen LogP contribution < -0.4 is 40.5 Å². The van der Waals surface area contributed by atoms with Crippen LogP contribution in [0.2, 0.25) is 0 Å². The first kappa shape index (κ1) is 59.1. The van der Waals surface area contributed by atoms with Crippen LogP contribution in [0.3, 0.4) is 0 Å². The minimum Gasteiger partial charge on any atom is -0.412 e. The summed E-state index contributed by atoms with van der Waals surface area (Å²) in [5.74, 6) is -1.23. The number of carbonyl (C=O) groups excluding carboxylic acids is 4. The third-order valence-corrected chi connectivity index (χ3v) is 16.9. The van der Waals surface area contributed by atoms with Gasteiger partial charge in [0.2, 0.25) is 20.0 Å². The van der Waals surface area contributed by atoms with Crippen LogP contribution in [0.4, 0.5) is 22.7 Å². The smallest absolute Gasteiger partial charge is 0.268 e. The van der Waals surface area contributed by atoms with Gasteiger partial charge in [0.25, 0.3) is 23.6 Å². The summed E-state index contributed by atoms with van der Waals surface area (Å²) in [4.78, 5) is 69.5. The number of sulfonamides is 2. The number of primary sulfonamides is 2. The molecule has 0 radical (unpaired) electrons. The van der Waals surface area contributed by atoms with Gasteiger partial charge in [-0.15, -0.1) is 0 Å². The second-order valence-corrected chi connectivity index (χ2v) is 23.4. The topological polar surface area (TPSA) is 311 Å². The molecule has 4 aliphatic rings. The maximum atomic E-state index is 14.1. The van der Waals surface area contributed by atoms with E-state index in [4.69, 9.17) is 19.8 Å². The zero-order chi connectivity index (χ0) is 58.5. The van der Waals surface area contributed by atoms with Gasteiger partial charge in [-0.3, -0.25) is 29.1 Å². The summed E-state index contributed by atoms with van der Waals surface area (Å²) in [5.41, 5.74) is 8.60. The first-order valence-electron chi connectivity index (χ1n) is 27.1. The molecule has 0 bridgehead atoms. The number of para-hydroxylation sites is 2. The van der Waals surface area contributed by atoms with Gasteiger partial charge in [0.15, 0.2) is 0 Å². The molecule has 4 amide bonds. The van der Waals surface area contributed by atoms with Crippen molar-refractivity contribution in [2.45, 2.75) is 49.1 Å². The highest BCUT2D eigenvalue weighted by Gasteiger charge is 2.32. The lowest BCUT2D eigenvalue weighted by Gasteiger charge is -2.30. The Bertz CT molecular complexity index is 3760. The van der Waals surface area contributed by atoms with E-state index in [-0.39, 0.29) is 63.1 Å². The molecule has 8 aromatic rings. The Kier molecular flexibility index (Phi) is 17.7. The molecule has 8 N–H and O–H groups in total. The lowest BCUT2D eigenvalue weighted by molar-refractivity contribution is 0.0933. The van der Waals surface area contributed by atoms with E-state index in [1.165, 1.54) is 12.1 Å². The van der Waals surface area contributed by atoms with Crippen LogP contribution in [-0.4, -0.2) is 118 Å². The number of benzene rings is 4. The number of nitrogens with zero attached hydrogens (tertiary/aromatic N) is 8. The third kappa shape index (κ3) is 13.0. The monoisotopic (exact) mass is 1190 g/mol. The van der Waals surface area contributed by atoms with Gasteiger partial charge in [0.05, 0.1) is 64.0 Å². The number of ether oxygens (including phenoxy) is 2. The van der Waals surface area contributed by atoms with Crippen molar-refractivity contribution in [1.29, 1.82) is 0 Å². The molecule has 85 heavy (non-hydrogen) atoms. The summed E-state index contributed by atoms with van der Waals surface area (Å²) >= 11 is 0. The number of amides is 4. The van der Waals surface area contributed by atoms with Gasteiger partial charge in [-0.2, -0.15) is 0 Å². The number of morpholine rings is 2. The standard InChI is InChI=1S/2C30H30N6O5S.H2O/c2*31-42(39,40)28-16-22(7-9-26(28)34-12-14-41-15-13-34)30(38)36-20-24-8-10-27(29(37)33-18-21-4-3-11-32-17-21)35(24)19-23-5-1-2-6-25(23)36;/h2*1-11,16-17H,12-15,18-20H2,(H,33,37)(H2,31,39,40);1H2. The van der Waals surface area contributed by atoms with E-state index in [0.29, 0.717) is 113 Å². The minimum atomic E-state index is -4.12. The zero-order valence-corrected chi connectivity index (χ0v) is 47.7. The molecule has 2 saturated heterocycles. The van der Waals surface area contributed by atoms with Gasteiger partial charge < -0.3 is 54.3 Å². The van der Waals surface area contributed by atoms with Crippen LogP contribution in [-0.2, 0) is 68.8 Å². The van der Waals surface area contributed by atoms with E-state index in [1.807, 2.05) is 104 Å². The number of rotatable bonds is 12. The fourth-order valence-corrected chi connectivity index (χ4v) is 12.4. The molecular weight excluding hydrogens is 1130 g/mol. The second-order valence-electron chi connectivity index (χ2n) is 20.4. The Labute approximate surface area is 490 Å². The molecule has 2 fully saturated rings. The number of hydrogen-bond donors (Lipinski definition) is 4. The van der Waals surface area contributed by atoms with Crippen molar-refractivity contribution >= 4 is 66.4 Å². The fraction of sp³-hybridized carbons (Fsp3) is 0.233. The quantitative estimate of drug-likeness (QED) is 0.133. The number of hydrogen-bond acceptors (Lipinski definition) is 14. The lowest BCUT2D eigenvalue weighted by Crippen LogP contribution is -2.37. The minimum absolute atomic E-state index is 0. The predicted molar refractivity (Wildman–Crippen MR) is 317 cm³/mol. The van der Waals surface area contributed by atoms with Gasteiger partial charge >= 0.3 is 0 Å². The largest absolute Gasteiger partial charge is 0.412 e. The van der Waals surface area contributed by atoms with E-state index in [0.717, 1.165) is 33.6 Å². The molecule has 25 heteroatoms. The number of aromatic nitrogens is 4. The summed E-state index contributed by atoms with van der Waals surface area (Å²) in [5, 5.41) is 17.1. The summed E-state index contributed by atoms with van der Waals surface area (Å²) < 4.78 is 65.1. The lowest BCUT2D eigenvalue weighted by atomic mass is 10.1. The Morgan fingerprint density at radius 1 is 0.482 bits per heavy atom. The highest BCUT2D eigenvalue weighted by atomic mass is 32.2. The van der Waals surface area contributed by atoms with Gasteiger partial charge in [-0.1, -0.05) is 48.5 Å². The maximum absolute atomic E-state index is 14.1. The van der Waals surface area contributed by atoms with Crippen molar-refractivity contribution < 1.29 is 51.0 Å². The molecule has 440 valence electrons. The molecule has 0 atom stereocenters. The highest BCUT2D eigenvalue weighted by molar-refractivity contribution is 7.89. The molecule has 8 heterocycles. The summed E-state index contributed by atoms with van der Waals surface area (Å²) in [7, 11) is -8.25. The van der Waals surface area contributed by atoms with E-state index < -0.39 is 20.0 Å². The molecular formula is C60H62N12O11S2. The molecule has 0 unspecified atom stereocenters. The number of fused-ring (bicyclic) bond motifs is 4. The second kappa shape index (κ2) is 25.4. The van der Waals surface area contributed by atoms with Gasteiger partial charge in [0.1, 0.15) is 21.2 Å². The normalized spacial score (nSPS) is 14.8. The Morgan fingerprint density at radius 2 is 0.882 bits per heavy atom. The van der Waals surface area contributed by atoms with Crippen molar-refractivity contribution in [2.75, 3.05) is 72.2 Å². The van der Waals surface area contributed by atoms with Crippen molar-refractivity contribution in [1.82, 2.24) is 29.7 Å². The third-order valence-electron chi connectivity index (χ3n) is 15.0. The number of nitrogens with two attached hydrogens (primary N) is 2. The van der Waals surface area contributed by atoms with Crippen LogP contribution in [0.5, 0.6) is 0 Å². The van der Waals surface area contributed by atoms with Crippen LogP contribution in [0.1, 0.15) is 75.3 Å². The average molecular weight is 1190 g/mol. The summed E-state index contributed by atoms with van der Waals surface area (Å²) in [6, 6.07) is 38.8. The number of pyridine rings is 2. The molecule has 4 aromatic carbocycles. The molecule has 0 aliphatic carbocycles. The molecule has 4 aromatic heterocycles. The molecule has 23 nitrogen and oxygen atoms in total. The fourth-order valence-electron chi connectivity index (χ4n) is 10.8. The van der Waals surface area contributed by atoms with Crippen LogP contribution in [0.25, 0.3) is 0 Å². The van der Waals surface area contributed by atoms with Crippen molar-refractivity contribution in [3.05, 3.63) is 214 Å². The highest BCUT2D eigenvalue weighted by Crippen LogP contribution is 2.35. The van der Waals surface area contributed by atoms with Crippen molar-refractivity contribution in [3.8, 4) is 0 Å². The van der Waals surface area contributed by atoms with Gasteiger partial charge in [-0.05, 0) is 107 Å². The number of nitrogens with one attached hydrogen (secondary N) is 2. The van der Waals surface area contributed by atoms with E-state index in [2.05, 4.69) is 20.6 Å². The Hall–Kier alpha value is -9.08. The molecule has 12 rings (SSSR count).